The summed E-state index contributed by atoms with van der Waals surface area (Å²) >= 11 is 0. The molecule has 0 atom stereocenters. The van der Waals surface area contributed by atoms with Gasteiger partial charge in [0.2, 0.25) is 6.33 Å². The second kappa shape index (κ2) is 7.83. The zero-order valence-electron chi connectivity index (χ0n) is 10.9. The fourth-order valence-corrected chi connectivity index (χ4v) is 1.83. The number of nitrogens with zero attached hydrogens (tertiary/aromatic N) is 4. The maximum atomic E-state index is 11.7. The van der Waals surface area contributed by atoms with E-state index in [4.69, 9.17) is 0 Å². The standard InChI is InChI=1S/C12H18N5O.BrH/c1-16-7-8-17(10-16)6-5-12(18)4-2-3-11-9-13-15-14-11;/h7-10H,2-6H2,1H3,(H,13,14,15);1H/q+1;/p-1. The molecule has 0 saturated carbocycles. The predicted molar refractivity (Wildman–Crippen MR) is 64.6 cm³/mol. The first-order valence-corrected chi connectivity index (χ1v) is 6.11. The molecule has 2 aromatic rings. The number of ketones is 1. The number of nitrogens with one attached hydrogen (secondary N) is 1. The smallest absolute Gasteiger partial charge is 0.243 e. The fourth-order valence-electron chi connectivity index (χ4n) is 1.83. The van der Waals surface area contributed by atoms with Crippen molar-refractivity contribution < 1.29 is 26.3 Å². The van der Waals surface area contributed by atoms with Gasteiger partial charge < -0.3 is 17.0 Å². The second-order valence-electron chi connectivity index (χ2n) is 4.42. The van der Waals surface area contributed by atoms with Crippen molar-refractivity contribution in [3.63, 3.8) is 0 Å². The predicted octanol–water partition coefficient (Wildman–Crippen LogP) is -2.58. The molecular weight excluding hydrogens is 310 g/mol. The van der Waals surface area contributed by atoms with Crippen LogP contribution in [0.4, 0.5) is 0 Å². The molecule has 0 spiro atoms. The van der Waals surface area contributed by atoms with Crippen LogP contribution in [0.2, 0.25) is 0 Å². The number of Topliss-reactive ketones (excluding diaryl/α,β-unsaturated/α-hetero) is 1. The van der Waals surface area contributed by atoms with Crippen LogP contribution in [-0.4, -0.2) is 25.8 Å². The Hall–Kier alpha value is -1.50. The quantitative estimate of drug-likeness (QED) is 0.568. The van der Waals surface area contributed by atoms with Crippen LogP contribution in [0.25, 0.3) is 0 Å². The van der Waals surface area contributed by atoms with Gasteiger partial charge in [0.1, 0.15) is 18.2 Å². The number of hydrogen-bond donors (Lipinski definition) is 1. The summed E-state index contributed by atoms with van der Waals surface area (Å²) in [5, 5.41) is 10.3. The molecule has 0 bridgehead atoms. The van der Waals surface area contributed by atoms with E-state index >= 15 is 0 Å². The van der Waals surface area contributed by atoms with Crippen LogP contribution in [0.5, 0.6) is 0 Å². The average molecular weight is 328 g/mol. The van der Waals surface area contributed by atoms with Gasteiger partial charge in [-0.25, -0.2) is 9.13 Å². The number of hydrogen-bond acceptors (Lipinski definition) is 3. The van der Waals surface area contributed by atoms with E-state index in [1.165, 1.54) is 0 Å². The summed E-state index contributed by atoms with van der Waals surface area (Å²) in [4.78, 5) is 11.7. The number of H-pyrrole nitrogens is 1. The zero-order valence-corrected chi connectivity index (χ0v) is 12.5. The lowest BCUT2D eigenvalue weighted by atomic mass is 10.1. The third-order valence-electron chi connectivity index (χ3n) is 2.83. The highest BCUT2D eigenvalue weighted by Gasteiger charge is 2.06. The van der Waals surface area contributed by atoms with E-state index in [1.54, 1.807) is 6.20 Å². The van der Waals surface area contributed by atoms with Crippen LogP contribution in [0.3, 0.4) is 0 Å². The molecule has 0 aromatic carbocycles. The largest absolute Gasteiger partial charge is 1.00 e. The molecule has 0 unspecified atom stereocenters. The molecule has 0 amide bonds. The van der Waals surface area contributed by atoms with Crippen molar-refractivity contribution in [2.24, 2.45) is 7.05 Å². The number of imidazole rings is 1. The van der Waals surface area contributed by atoms with E-state index in [1.807, 2.05) is 34.9 Å². The Bertz CT molecular complexity index is 494. The molecule has 104 valence electrons. The summed E-state index contributed by atoms with van der Waals surface area (Å²) in [5.74, 6) is 0.301. The van der Waals surface area contributed by atoms with Gasteiger partial charge in [-0.1, -0.05) is 0 Å². The van der Waals surface area contributed by atoms with E-state index < -0.39 is 0 Å². The van der Waals surface area contributed by atoms with Crippen molar-refractivity contribution in [3.05, 3.63) is 30.6 Å². The lowest BCUT2D eigenvalue weighted by Gasteiger charge is -1.98. The van der Waals surface area contributed by atoms with Crippen LogP contribution in [0.15, 0.2) is 24.9 Å². The Balaban J connectivity index is 0.00000180. The second-order valence-corrected chi connectivity index (χ2v) is 4.42. The molecule has 6 nitrogen and oxygen atoms in total. The molecule has 19 heavy (non-hydrogen) atoms. The lowest BCUT2D eigenvalue weighted by molar-refractivity contribution is -0.671. The first-order valence-electron chi connectivity index (χ1n) is 6.11. The van der Waals surface area contributed by atoms with Gasteiger partial charge in [0, 0.05) is 12.8 Å². The SMILES string of the molecule is C[n+]1ccn(CCC(=O)CCCc2cn[nH]n2)c1.[Br-]. The Morgan fingerprint density at radius 2 is 2.32 bits per heavy atom. The summed E-state index contributed by atoms with van der Waals surface area (Å²) in [6.45, 7) is 0.754. The third-order valence-corrected chi connectivity index (χ3v) is 2.83. The minimum absolute atomic E-state index is 0. The van der Waals surface area contributed by atoms with E-state index in [0.29, 0.717) is 18.6 Å². The Morgan fingerprint density at radius 3 is 2.95 bits per heavy atom. The molecule has 0 fully saturated rings. The molecule has 7 heteroatoms. The van der Waals surface area contributed by atoms with Crippen LogP contribution in [0.1, 0.15) is 25.0 Å². The number of carbonyl (C=O) groups is 1. The monoisotopic (exact) mass is 327 g/mol. The molecule has 0 aliphatic carbocycles. The summed E-state index contributed by atoms with van der Waals surface area (Å²) in [6, 6.07) is 0. The highest BCUT2D eigenvalue weighted by Crippen LogP contribution is 2.03. The summed E-state index contributed by atoms with van der Waals surface area (Å²) < 4.78 is 3.99. The van der Waals surface area contributed by atoms with Gasteiger partial charge in [-0.2, -0.15) is 15.4 Å². The molecule has 0 saturated heterocycles. The number of rotatable bonds is 7. The van der Waals surface area contributed by atoms with Crippen molar-refractivity contribution in [1.82, 2.24) is 20.0 Å². The minimum atomic E-state index is 0. The fraction of sp³-hybridized carbons (Fsp3) is 0.500. The van der Waals surface area contributed by atoms with Gasteiger partial charge in [-0.05, 0) is 12.8 Å². The molecular formula is C12H18BrN5O. The Kier molecular flexibility index (Phi) is 6.41. The van der Waals surface area contributed by atoms with Crippen molar-refractivity contribution in [2.75, 3.05) is 0 Å². The molecule has 1 N–H and O–H groups in total. The maximum absolute atomic E-state index is 11.7. The van der Waals surface area contributed by atoms with E-state index in [0.717, 1.165) is 25.1 Å². The number of carbonyl (C=O) groups excluding carboxylic acids is 1. The summed E-state index contributed by atoms with van der Waals surface area (Å²) in [7, 11) is 1.97. The average Bonchev–Trinajstić information content (AvgIpc) is 2.98. The van der Waals surface area contributed by atoms with E-state index in [9.17, 15) is 4.79 Å². The Labute approximate surface area is 122 Å². The van der Waals surface area contributed by atoms with Crippen LogP contribution < -0.4 is 21.5 Å². The van der Waals surface area contributed by atoms with Crippen LogP contribution in [0, 0.1) is 0 Å². The van der Waals surface area contributed by atoms with Gasteiger partial charge in [-0.3, -0.25) is 4.79 Å². The zero-order chi connectivity index (χ0) is 12.8. The number of aryl methyl sites for hydroxylation is 3. The van der Waals surface area contributed by atoms with E-state index in [-0.39, 0.29) is 17.0 Å². The van der Waals surface area contributed by atoms with Gasteiger partial charge in [-0.15, -0.1) is 0 Å². The highest BCUT2D eigenvalue weighted by atomic mass is 79.9. The van der Waals surface area contributed by atoms with E-state index in [2.05, 4.69) is 15.4 Å². The number of aromatic amines is 1. The first-order chi connectivity index (χ1) is 8.74. The van der Waals surface area contributed by atoms with Crippen LogP contribution in [-0.2, 0) is 24.8 Å². The van der Waals surface area contributed by atoms with Gasteiger partial charge in [0.15, 0.2) is 0 Å². The molecule has 2 rings (SSSR count). The first kappa shape index (κ1) is 15.6. The van der Waals surface area contributed by atoms with Crippen molar-refractivity contribution in [2.45, 2.75) is 32.2 Å². The molecule has 0 aliphatic heterocycles. The number of halogens is 1. The maximum Gasteiger partial charge on any atom is 0.243 e. The molecule has 2 heterocycles. The number of aromatic nitrogens is 5. The molecule has 0 radical (unpaired) electrons. The normalized spacial score (nSPS) is 10.2. The van der Waals surface area contributed by atoms with Crippen molar-refractivity contribution in [3.8, 4) is 0 Å². The van der Waals surface area contributed by atoms with Gasteiger partial charge in [0.05, 0.1) is 25.5 Å². The third kappa shape index (κ3) is 5.34. The molecule has 0 aliphatic rings. The lowest BCUT2D eigenvalue weighted by Crippen LogP contribution is -3.00. The van der Waals surface area contributed by atoms with Crippen molar-refractivity contribution in [1.29, 1.82) is 0 Å². The minimum Gasteiger partial charge on any atom is -1.00 e. The highest BCUT2D eigenvalue weighted by molar-refractivity contribution is 5.78. The van der Waals surface area contributed by atoms with Gasteiger partial charge >= 0.3 is 0 Å². The molecule has 2 aromatic heterocycles. The topological polar surface area (TPSA) is 67.4 Å². The van der Waals surface area contributed by atoms with Crippen molar-refractivity contribution >= 4 is 5.78 Å². The van der Waals surface area contributed by atoms with Gasteiger partial charge in [0.25, 0.3) is 0 Å². The summed E-state index contributed by atoms with van der Waals surface area (Å²) in [5.41, 5.74) is 0.917. The summed E-state index contributed by atoms with van der Waals surface area (Å²) in [6.07, 6.45) is 10.5. The Morgan fingerprint density at radius 1 is 1.47 bits per heavy atom. The van der Waals surface area contributed by atoms with Crippen LogP contribution >= 0.6 is 0 Å².